The van der Waals surface area contributed by atoms with Crippen LogP contribution in [0.15, 0.2) is 40.0 Å². The third kappa shape index (κ3) is 3.13. The molecular weight excluding hydrogens is 275 g/mol. The Balaban J connectivity index is 0.00000144. The van der Waals surface area contributed by atoms with Gasteiger partial charge in [-0.2, -0.15) is 0 Å². The number of hydrogen-bond donors (Lipinski definition) is 0. The monoisotopic (exact) mass is 280 g/mol. The molecule has 0 radical (unpaired) electrons. The van der Waals surface area contributed by atoms with Gasteiger partial charge in [-0.1, -0.05) is 30.3 Å². The quantitative estimate of drug-likeness (QED) is 0.327. The molecule has 0 aliphatic rings. The van der Waals surface area contributed by atoms with Gasteiger partial charge in [0.1, 0.15) is 0 Å². The average Bonchev–Trinajstić information content (AvgIpc) is 2.61. The first kappa shape index (κ1) is 14.8. The molecule has 0 N–H and O–H groups in total. The summed E-state index contributed by atoms with van der Waals surface area (Å²) in [6.07, 6.45) is 0. The molecular formula is C8H5KN2O5S. The van der Waals surface area contributed by atoms with Crippen LogP contribution in [0.1, 0.15) is 0 Å². The molecule has 84 valence electrons. The predicted octanol–water partition coefficient (Wildman–Crippen LogP) is -3.12. The fourth-order valence-corrected chi connectivity index (χ4v) is 1.83. The van der Waals surface area contributed by atoms with Gasteiger partial charge in [-0.25, -0.2) is 8.42 Å². The van der Waals surface area contributed by atoms with Crippen LogP contribution < -0.4 is 56.3 Å². The van der Waals surface area contributed by atoms with Crippen LogP contribution in [-0.2, 0) is 10.1 Å². The normalized spacial score (nSPS) is 10.9. The number of rotatable bonds is 2. The van der Waals surface area contributed by atoms with Crippen LogP contribution in [0, 0.1) is 5.21 Å². The Labute approximate surface area is 139 Å². The molecule has 1 aromatic heterocycles. The number of nitrogens with zero attached hydrogens (tertiary/aromatic N) is 2. The van der Waals surface area contributed by atoms with Crippen molar-refractivity contribution in [3.8, 4) is 11.3 Å². The smallest absolute Gasteiger partial charge is 0.741 e. The standard InChI is InChI=1S/C8H6N2O5S.K/c11-10-8(16(12,13)14)7(9-15-10)6-4-2-1-3-5-6;/h1-5H,(H,12,13,14);/q;+1/p-1. The van der Waals surface area contributed by atoms with E-state index in [2.05, 4.69) is 9.79 Å². The summed E-state index contributed by atoms with van der Waals surface area (Å²) in [4.78, 5) is -0.412. The van der Waals surface area contributed by atoms with Gasteiger partial charge in [-0.05, 0) is 4.90 Å². The molecule has 0 bridgehead atoms. The Kier molecular flexibility index (Phi) is 4.83. The zero-order valence-electron chi connectivity index (χ0n) is 8.73. The van der Waals surface area contributed by atoms with Crippen molar-refractivity contribution in [1.29, 1.82) is 0 Å². The summed E-state index contributed by atoms with van der Waals surface area (Å²) in [5, 5.41) is 13.2. The maximum atomic E-state index is 11.0. The minimum Gasteiger partial charge on any atom is -0.741 e. The van der Waals surface area contributed by atoms with Gasteiger partial charge in [0.15, 0.2) is 10.1 Å². The Hall–Kier alpha value is -0.294. The molecule has 0 amide bonds. The summed E-state index contributed by atoms with van der Waals surface area (Å²) in [6.45, 7) is 0. The second-order valence-electron chi connectivity index (χ2n) is 2.90. The van der Waals surface area contributed by atoms with E-state index in [0.29, 0.717) is 5.56 Å². The van der Waals surface area contributed by atoms with Gasteiger partial charge in [0.2, 0.25) is 0 Å². The Morgan fingerprint density at radius 1 is 1.24 bits per heavy atom. The van der Waals surface area contributed by atoms with Crippen LogP contribution in [0.2, 0.25) is 0 Å². The topological polar surface area (TPSA) is 110 Å². The molecule has 1 aromatic carbocycles. The fourth-order valence-electron chi connectivity index (χ4n) is 1.22. The van der Waals surface area contributed by atoms with Crippen molar-refractivity contribution in [2.24, 2.45) is 0 Å². The summed E-state index contributed by atoms with van der Waals surface area (Å²) in [6, 6.07) is 7.93. The van der Waals surface area contributed by atoms with E-state index in [0.717, 1.165) is 0 Å². The molecule has 0 fully saturated rings. The molecule has 2 rings (SSSR count). The first-order valence-corrected chi connectivity index (χ1v) is 5.52. The van der Waals surface area contributed by atoms with Crippen molar-refractivity contribution < 1.29 is 73.9 Å². The zero-order valence-corrected chi connectivity index (χ0v) is 12.7. The molecule has 9 heteroatoms. The van der Waals surface area contributed by atoms with Gasteiger partial charge in [-0.3, -0.25) is 4.63 Å². The van der Waals surface area contributed by atoms with Crippen molar-refractivity contribution in [3.05, 3.63) is 35.5 Å². The summed E-state index contributed by atoms with van der Waals surface area (Å²) in [5.41, 5.74) is 0.0286. The summed E-state index contributed by atoms with van der Waals surface area (Å²) >= 11 is 0. The van der Waals surface area contributed by atoms with E-state index in [4.69, 9.17) is 0 Å². The van der Waals surface area contributed by atoms with Crippen molar-refractivity contribution >= 4 is 10.1 Å². The second kappa shape index (κ2) is 5.57. The van der Waals surface area contributed by atoms with Crippen LogP contribution in [-0.4, -0.2) is 18.1 Å². The Morgan fingerprint density at radius 2 is 1.82 bits per heavy atom. The maximum absolute atomic E-state index is 11.0. The minimum absolute atomic E-state index is 0. The van der Waals surface area contributed by atoms with Crippen LogP contribution in [0.5, 0.6) is 0 Å². The number of hydrogen-bond acceptors (Lipinski definition) is 6. The van der Waals surface area contributed by atoms with E-state index in [1.54, 1.807) is 18.2 Å². The van der Waals surface area contributed by atoms with Crippen LogP contribution in [0.4, 0.5) is 0 Å². The Bertz CT molecular complexity index is 610. The third-order valence-corrected chi connectivity index (χ3v) is 2.67. The summed E-state index contributed by atoms with van der Waals surface area (Å²) in [5.74, 6) is 0. The molecule has 2 aromatic rings. The molecule has 0 aliphatic heterocycles. The number of aromatic nitrogens is 2. The van der Waals surface area contributed by atoms with Gasteiger partial charge in [0.05, 0.1) is 0 Å². The molecule has 0 saturated heterocycles. The second-order valence-corrected chi connectivity index (χ2v) is 4.20. The molecule has 0 unspecified atom stereocenters. The summed E-state index contributed by atoms with van der Waals surface area (Å²) in [7, 11) is -4.92. The van der Waals surface area contributed by atoms with E-state index in [-0.39, 0.29) is 57.1 Å². The maximum Gasteiger partial charge on any atom is 1.00 e. The largest absolute Gasteiger partial charge is 1.00 e. The Morgan fingerprint density at radius 3 is 2.35 bits per heavy atom. The van der Waals surface area contributed by atoms with Gasteiger partial charge in [0, 0.05) is 10.7 Å². The molecule has 17 heavy (non-hydrogen) atoms. The summed E-state index contributed by atoms with van der Waals surface area (Å²) < 4.78 is 36.6. The molecule has 0 atom stereocenters. The molecule has 0 aliphatic carbocycles. The van der Waals surface area contributed by atoms with Gasteiger partial charge in [-0.15, -0.1) is 0 Å². The molecule has 0 spiro atoms. The van der Waals surface area contributed by atoms with Crippen molar-refractivity contribution in [2.45, 2.75) is 5.03 Å². The first-order valence-electron chi connectivity index (χ1n) is 4.11. The zero-order chi connectivity index (χ0) is 11.8. The van der Waals surface area contributed by atoms with Crippen molar-refractivity contribution in [1.82, 2.24) is 5.16 Å². The van der Waals surface area contributed by atoms with Gasteiger partial charge >= 0.3 is 56.4 Å². The minimum atomic E-state index is -4.92. The molecule has 0 saturated carbocycles. The van der Waals surface area contributed by atoms with E-state index in [1.165, 1.54) is 12.1 Å². The predicted molar refractivity (Wildman–Crippen MR) is 48.9 cm³/mol. The van der Waals surface area contributed by atoms with Gasteiger partial charge < -0.3 is 9.76 Å². The van der Waals surface area contributed by atoms with Crippen molar-refractivity contribution in [3.63, 3.8) is 0 Å². The van der Waals surface area contributed by atoms with E-state index >= 15 is 0 Å². The van der Waals surface area contributed by atoms with Crippen LogP contribution >= 0.6 is 0 Å². The molecule has 7 nitrogen and oxygen atoms in total. The van der Waals surface area contributed by atoms with Crippen LogP contribution in [0.3, 0.4) is 0 Å². The number of benzene rings is 1. The average molecular weight is 280 g/mol. The van der Waals surface area contributed by atoms with Gasteiger partial charge in [0.25, 0.3) is 5.69 Å². The third-order valence-electron chi connectivity index (χ3n) is 1.86. The van der Waals surface area contributed by atoms with Crippen LogP contribution in [0.25, 0.3) is 11.3 Å². The van der Waals surface area contributed by atoms with E-state index in [1.807, 2.05) is 0 Å². The SMILES string of the molecule is O=S(=O)([O-])c1c(-c2ccccc2)no[n+]1[O-].[K+]. The fraction of sp³-hybridized carbons (Fsp3) is 0. The van der Waals surface area contributed by atoms with E-state index in [9.17, 15) is 18.2 Å². The molecule has 1 heterocycles. The van der Waals surface area contributed by atoms with Crippen molar-refractivity contribution in [2.75, 3.05) is 0 Å². The van der Waals surface area contributed by atoms with E-state index < -0.39 is 20.0 Å². The first-order chi connectivity index (χ1) is 7.50.